The van der Waals surface area contributed by atoms with Gasteiger partial charge in [0.2, 0.25) is 5.91 Å². The maximum atomic E-state index is 12.2. The molecule has 6 nitrogen and oxygen atoms in total. The molecular weight excluding hydrogens is 312 g/mol. The molecule has 0 spiro atoms. The molecule has 23 heavy (non-hydrogen) atoms. The van der Waals surface area contributed by atoms with Crippen molar-refractivity contribution >= 4 is 22.9 Å². The number of hydrogen-bond acceptors (Lipinski definition) is 5. The summed E-state index contributed by atoms with van der Waals surface area (Å²) in [4.78, 5) is 12.2. The van der Waals surface area contributed by atoms with E-state index in [1.54, 1.807) is 22.2 Å². The summed E-state index contributed by atoms with van der Waals surface area (Å²) >= 11 is 1.58. The number of carbonyl (C=O) groups is 1. The van der Waals surface area contributed by atoms with Gasteiger partial charge in [-0.05, 0) is 53.6 Å². The number of aliphatic hydroxyl groups excluding tert-OH is 1. The van der Waals surface area contributed by atoms with Crippen molar-refractivity contribution in [3.05, 3.63) is 58.5 Å². The lowest BCUT2D eigenvalue weighted by molar-refractivity contribution is -0.117. The van der Waals surface area contributed by atoms with E-state index in [0.717, 1.165) is 16.9 Å². The molecule has 2 heterocycles. The first-order valence-corrected chi connectivity index (χ1v) is 8.07. The molecule has 1 aromatic carbocycles. The van der Waals surface area contributed by atoms with Crippen LogP contribution < -0.4 is 5.32 Å². The number of anilines is 1. The van der Waals surface area contributed by atoms with Crippen LogP contribution in [-0.2, 0) is 11.4 Å². The maximum absolute atomic E-state index is 12.2. The Labute approximate surface area is 137 Å². The van der Waals surface area contributed by atoms with Crippen LogP contribution in [0.25, 0.3) is 5.69 Å². The van der Waals surface area contributed by atoms with E-state index in [1.165, 1.54) is 0 Å². The summed E-state index contributed by atoms with van der Waals surface area (Å²) in [5.74, 6) is -0.233. The summed E-state index contributed by atoms with van der Waals surface area (Å²) in [6.07, 6.45) is 1.66. The SMILES string of the molecule is CC(C(=O)Nc1ccc(-n2cc(CO)nn2)cc1)c1ccsc1. The van der Waals surface area contributed by atoms with Gasteiger partial charge < -0.3 is 10.4 Å². The molecule has 0 saturated heterocycles. The normalized spacial score (nSPS) is 12.1. The van der Waals surface area contributed by atoms with Gasteiger partial charge in [0.1, 0.15) is 5.69 Å². The zero-order chi connectivity index (χ0) is 16.2. The molecule has 3 aromatic rings. The van der Waals surface area contributed by atoms with Gasteiger partial charge in [-0.1, -0.05) is 5.21 Å². The molecule has 0 aliphatic heterocycles. The molecule has 0 saturated carbocycles. The van der Waals surface area contributed by atoms with E-state index < -0.39 is 0 Å². The van der Waals surface area contributed by atoms with Gasteiger partial charge in [0.15, 0.2) is 0 Å². The number of hydrogen-bond donors (Lipinski definition) is 2. The Bertz CT molecular complexity index is 781. The fourth-order valence-electron chi connectivity index (χ4n) is 2.12. The highest BCUT2D eigenvalue weighted by Crippen LogP contribution is 2.21. The fourth-order valence-corrected chi connectivity index (χ4v) is 2.87. The number of nitrogens with one attached hydrogen (secondary N) is 1. The molecule has 1 amide bonds. The second kappa shape index (κ2) is 6.72. The molecule has 7 heteroatoms. The van der Waals surface area contributed by atoms with Gasteiger partial charge in [0.25, 0.3) is 0 Å². The molecule has 0 fully saturated rings. The van der Waals surface area contributed by atoms with E-state index in [1.807, 2.05) is 48.0 Å². The molecule has 2 N–H and O–H groups in total. The Hall–Kier alpha value is -2.51. The number of aliphatic hydroxyl groups is 1. The number of rotatable bonds is 5. The number of carbonyl (C=O) groups excluding carboxylic acids is 1. The molecule has 0 bridgehead atoms. The molecule has 0 aliphatic rings. The smallest absolute Gasteiger partial charge is 0.231 e. The average Bonchev–Trinajstić information content (AvgIpc) is 3.26. The summed E-state index contributed by atoms with van der Waals surface area (Å²) in [6.45, 7) is 1.74. The minimum absolute atomic E-state index is 0.0422. The maximum Gasteiger partial charge on any atom is 0.231 e. The highest BCUT2D eigenvalue weighted by atomic mass is 32.1. The number of benzene rings is 1. The van der Waals surface area contributed by atoms with Crippen LogP contribution in [0.4, 0.5) is 5.69 Å². The Morgan fingerprint density at radius 1 is 1.35 bits per heavy atom. The second-order valence-electron chi connectivity index (χ2n) is 5.13. The third kappa shape index (κ3) is 3.46. The van der Waals surface area contributed by atoms with Gasteiger partial charge in [-0.15, -0.1) is 5.10 Å². The summed E-state index contributed by atoms with van der Waals surface area (Å²) in [6, 6.07) is 9.25. The lowest BCUT2D eigenvalue weighted by Crippen LogP contribution is -2.18. The predicted molar refractivity (Wildman–Crippen MR) is 88.6 cm³/mol. The highest BCUT2D eigenvalue weighted by Gasteiger charge is 2.15. The van der Waals surface area contributed by atoms with Crippen LogP contribution in [0.3, 0.4) is 0 Å². The van der Waals surface area contributed by atoms with Crippen LogP contribution in [0.15, 0.2) is 47.3 Å². The van der Waals surface area contributed by atoms with Crippen molar-refractivity contribution in [1.82, 2.24) is 15.0 Å². The van der Waals surface area contributed by atoms with Gasteiger partial charge >= 0.3 is 0 Å². The second-order valence-corrected chi connectivity index (χ2v) is 5.91. The quantitative estimate of drug-likeness (QED) is 0.754. The van der Waals surface area contributed by atoms with Crippen LogP contribution in [0.2, 0.25) is 0 Å². The molecule has 1 unspecified atom stereocenters. The van der Waals surface area contributed by atoms with E-state index >= 15 is 0 Å². The Kier molecular flexibility index (Phi) is 4.50. The Balaban J connectivity index is 1.68. The molecule has 1 atom stereocenters. The van der Waals surface area contributed by atoms with Crippen LogP contribution >= 0.6 is 11.3 Å². The Morgan fingerprint density at radius 2 is 2.13 bits per heavy atom. The zero-order valence-corrected chi connectivity index (χ0v) is 13.3. The lowest BCUT2D eigenvalue weighted by atomic mass is 10.0. The summed E-state index contributed by atoms with van der Waals surface area (Å²) in [7, 11) is 0. The number of aromatic nitrogens is 3. The molecule has 118 valence electrons. The standard InChI is InChI=1S/C16H16N4O2S/c1-11(12-6-7-23-10-12)16(22)17-13-2-4-15(5-3-13)20-8-14(9-21)18-19-20/h2-8,10-11,21H,9H2,1H3,(H,17,22). The first-order chi connectivity index (χ1) is 11.2. The van der Waals surface area contributed by atoms with Crippen molar-refractivity contribution in [2.75, 3.05) is 5.32 Å². The van der Waals surface area contributed by atoms with Crippen molar-refractivity contribution in [3.8, 4) is 5.69 Å². The van der Waals surface area contributed by atoms with Crippen molar-refractivity contribution < 1.29 is 9.90 Å². The first-order valence-electron chi connectivity index (χ1n) is 7.13. The van der Waals surface area contributed by atoms with Gasteiger partial charge in [-0.2, -0.15) is 11.3 Å². The summed E-state index contributed by atoms with van der Waals surface area (Å²) in [5.41, 5.74) is 3.06. The lowest BCUT2D eigenvalue weighted by Gasteiger charge is -2.11. The van der Waals surface area contributed by atoms with Crippen molar-refractivity contribution in [2.24, 2.45) is 0 Å². The predicted octanol–water partition coefficient (Wildman–Crippen LogP) is 2.56. The van der Waals surface area contributed by atoms with E-state index in [2.05, 4.69) is 15.6 Å². The van der Waals surface area contributed by atoms with Crippen LogP contribution in [0.5, 0.6) is 0 Å². The minimum atomic E-state index is -0.191. The third-order valence-corrected chi connectivity index (χ3v) is 4.24. The molecular formula is C16H16N4O2S. The molecule has 0 aliphatic carbocycles. The fraction of sp³-hybridized carbons (Fsp3) is 0.188. The molecule has 2 aromatic heterocycles. The van der Waals surface area contributed by atoms with E-state index in [4.69, 9.17) is 5.11 Å². The summed E-state index contributed by atoms with van der Waals surface area (Å²) < 4.78 is 1.57. The van der Waals surface area contributed by atoms with E-state index in [-0.39, 0.29) is 18.4 Å². The number of thiophene rings is 1. The van der Waals surface area contributed by atoms with Crippen molar-refractivity contribution in [2.45, 2.75) is 19.4 Å². The Morgan fingerprint density at radius 3 is 2.74 bits per heavy atom. The molecule has 0 radical (unpaired) electrons. The van der Waals surface area contributed by atoms with Gasteiger partial charge in [0.05, 0.1) is 24.4 Å². The average molecular weight is 328 g/mol. The van der Waals surface area contributed by atoms with Crippen molar-refractivity contribution in [1.29, 1.82) is 0 Å². The minimum Gasteiger partial charge on any atom is -0.390 e. The monoisotopic (exact) mass is 328 g/mol. The van der Waals surface area contributed by atoms with Crippen LogP contribution in [0.1, 0.15) is 24.1 Å². The van der Waals surface area contributed by atoms with Crippen molar-refractivity contribution in [3.63, 3.8) is 0 Å². The van der Waals surface area contributed by atoms with Gasteiger partial charge in [-0.3, -0.25) is 4.79 Å². The largest absolute Gasteiger partial charge is 0.390 e. The number of amides is 1. The van der Waals surface area contributed by atoms with Crippen LogP contribution in [-0.4, -0.2) is 26.0 Å². The van der Waals surface area contributed by atoms with E-state index in [9.17, 15) is 4.79 Å². The third-order valence-electron chi connectivity index (χ3n) is 3.54. The van der Waals surface area contributed by atoms with E-state index in [0.29, 0.717) is 5.69 Å². The van der Waals surface area contributed by atoms with Gasteiger partial charge in [-0.25, -0.2) is 4.68 Å². The highest BCUT2D eigenvalue weighted by molar-refractivity contribution is 7.08. The zero-order valence-electron chi connectivity index (χ0n) is 12.5. The summed E-state index contributed by atoms with van der Waals surface area (Å²) in [5, 5.41) is 23.6. The topological polar surface area (TPSA) is 80.0 Å². The molecule has 3 rings (SSSR count). The van der Waals surface area contributed by atoms with Crippen LogP contribution in [0, 0.1) is 0 Å². The van der Waals surface area contributed by atoms with Gasteiger partial charge in [0, 0.05) is 5.69 Å². The first kappa shape index (κ1) is 15.4. The number of nitrogens with zero attached hydrogens (tertiary/aromatic N) is 3.